The van der Waals surface area contributed by atoms with E-state index in [0.29, 0.717) is 32.5 Å². The zero-order valence-electron chi connectivity index (χ0n) is 13.5. The number of rotatable bonds is 11. The average molecular weight is 297 g/mol. The van der Waals surface area contributed by atoms with Gasteiger partial charge in [0.15, 0.2) is 11.5 Å². The molecule has 0 aliphatic heterocycles. The second-order valence-corrected chi connectivity index (χ2v) is 4.94. The molecule has 0 radical (unpaired) electrons. The van der Waals surface area contributed by atoms with Gasteiger partial charge in [0, 0.05) is 25.3 Å². The van der Waals surface area contributed by atoms with Crippen molar-refractivity contribution >= 4 is 0 Å². The van der Waals surface area contributed by atoms with Gasteiger partial charge in [-0.25, -0.2) is 0 Å². The van der Waals surface area contributed by atoms with E-state index in [2.05, 4.69) is 19.2 Å². The Bertz CT molecular complexity index is 396. The fourth-order valence-corrected chi connectivity index (χ4v) is 1.79. The minimum atomic E-state index is 0.418. The highest BCUT2D eigenvalue weighted by Crippen LogP contribution is 2.31. The van der Waals surface area contributed by atoms with Crippen molar-refractivity contribution in [3.8, 4) is 11.5 Å². The van der Waals surface area contributed by atoms with Gasteiger partial charge in [-0.2, -0.15) is 0 Å². The fraction of sp³-hybridized carbons (Fsp3) is 0.625. The Morgan fingerprint density at radius 3 is 2.48 bits per heavy atom. The Balaban J connectivity index is 2.55. The van der Waals surface area contributed by atoms with Crippen LogP contribution < -0.4 is 14.8 Å². The van der Waals surface area contributed by atoms with Crippen LogP contribution in [0, 0.1) is 0 Å². The molecule has 0 aromatic heterocycles. The Kier molecular flexibility index (Phi) is 8.82. The van der Waals surface area contributed by atoms with E-state index >= 15 is 0 Å². The van der Waals surface area contributed by atoms with Crippen LogP contribution in [0.3, 0.4) is 0 Å². The Hall–Kier alpha value is -1.30. The minimum absolute atomic E-state index is 0.418. The highest BCUT2D eigenvalue weighted by molar-refractivity contribution is 5.46. The molecule has 21 heavy (non-hydrogen) atoms. The Morgan fingerprint density at radius 1 is 1.05 bits per heavy atom. The Labute approximate surface area is 127 Å². The normalized spacial score (nSPS) is 10.9. The maximum absolute atomic E-state index is 5.84. The lowest BCUT2D eigenvalue weighted by atomic mass is 10.1. The monoisotopic (exact) mass is 297 g/mol. The van der Waals surface area contributed by atoms with E-state index in [4.69, 9.17) is 18.9 Å². The van der Waals surface area contributed by atoms with Gasteiger partial charge in [0.25, 0.3) is 0 Å². The molecule has 0 spiro atoms. The van der Waals surface area contributed by atoms with Crippen molar-refractivity contribution in [1.29, 1.82) is 0 Å². The molecule has 0 aliphatic rings. The van der Waals surface area contributed by atoms with E-state index in [1.807, 2.05) is 18.2 Å². The van der Waals surface area contributed by atoms with Crippen molar-refractivity contribution in [2.24, 2.45) is 0 Å². The second kappa shape index (κ2) is 10.4. The number of ether oxygens (including phenoxy) is 4. The van der Waals surface area contributed by atoms with Crippen molar-refractivity contribution in [1.82, 2.24) is 5.32 Å². The quantitative estimate of drug-likeness (QED) is 0.635. The van der Waals surface area contributed by atoms with Gasteiger partial charge in [0.1, 0.15) is 6.61 Å². The molecule has 1 N–H and O–H groups in total. The molecule has 1 aromatic carbocycles. The fourth-order valence-electron chi connectivity index (χ4n) is 1.79. The number of nitrogens with one attached hydrogen (secondary N) is 1. The highest BCUT2D eigenvalue weighted by atomic mass is 16.5. The first kappa shape index (κ1) is 17.8. The second-order valence-electron chi connectivity index (χ2n) is 4.94. The molecule has 0 unspecified atom stereocenters. The zero-order valence-corrected chi connectivity index (χ0v) is 13.5. The first-order chi connectivity index (χ1) is 10.2. The summed E-state index contributed by atoms with van der Waals surface area (Å²) >= 11 is 0. The van der Waals surface area contributed by atoms with Gasteiger partial charge in [0.05, 0.1) is 26.9 Å². The topological polar surface area (TPSA) is 49.0 Å². The summed E-state index contributed by atoms with van der Waals surface area (Å²) in [5, 5.41) is 3.39. The molecular formula is C16H27NO4. The summed E-state index contributed by atoms with van der Waals surface area (Å²) in [6, 6.07) is 6.33. The van der Waals surface area contributed by atoms with E-state index in [9.17, 15) is 0 Å². The number of benzene rings is 1. The number of methoxy groups -OCH3 is 2. The van der Waals surface area contributed by atoms with Gasteiger partial charge in [-0.3, -0.25) is 0 Å². The van der Waals surface area contributed by atoms with Crippen LogP contribution in [0.5, 0.6) is 11.5 Å². The van der Waals surface area contributed by atoms with Crippen molar-refractivity contribution in [2.75, 3.05) is 40.6 Å². The maximum Gasteiger partial charge on any atom is 0.165 e. The largest absolute Gasteiger partial charge is 0.493 e. The summed E-state index contributed by atoms with van der Waals surface area (Å²) in [6.07, 6.45) is 0. The summed E-state index contributed by atoms with van der Waals surface area (Å²) < 4.78 is 21.5. The van der Waals surface area contributed by atoms with E-state index in [-0.39, 0.29) is 0 Å². The molecule has 5 heteroatoms. The first-order valence-electron chi connectivity index (χ1n) is 7.27. The van der Waals surface area contributed by atoms with E-state index < -0.39 is 0 Å². The van der Waals surface area contributed by atoms with Crippen LogP contribution >= 0.6 is 0 Å². The van der Waals surface area contributed by atoms with Gasteiger partial charge in [-0.05, 0) is 6.07 Å². The van der Waals surface area contributed by atoms with Gasteiger partial charge >= 0.3 is 0 Å². The van der Waals surface area contributed by atoms with Crippen LogP contribution in [-0.2, 0) is 16.0 Å². The van der Waals surface area contributed by atoms with Crippen LogP contribution in [0.15, 0.2) is 18.2 Å². The van der Waals surface area contributed by atoms with E-state index in [1.54, 1.807) is 14.2 Å². The molecule has 0 aliphatic carbocycles. The SMILES string of the molecule is COCCOCCOc1c(CNC(C)C)cccc1OC. The molecule has 5 nitrogen and oxygen atoms in total. The molecular weight excluding hydrogens is 270 g/mol. The molecule has 1 aromatic rings. The average Bonchev–Trinajstić information content (AvgIpc) is 2.49. The molecule has 0 heterocycles. The summed E-state index contributed by atoms with van der Waals surface area (Å²) in [7, 11) is 3.31. The van der Waals surface area contributed by atoms with Crippen LogP contribution in [0.1, 0.15) is 19.4 Å². The lowest BCUT2D eigenvalue weighted by Gasteiger charge is -2.16. The standard InChI is InChI=1S/C16H27NO4/c1-13(2)17-12-14-6-5-7-15(19-4)16(14)21-11-10-20-9-8-18-3/h5-7,13,17H,8-12H2,1-4H3. The Morgan fingerprint density at radius 2 is 1.81 bits per heavy atom. The summed E-state index contributed by atoms with van der Waals surface area (Å²) in [5.74, 6) is 1.53. The van der Waals surface area contributed by atoms with Gasteiger partial charge in [0.2, 0.25) is 0 Å². The van der Waals surface area contributed by atoms with Crippen LogP contribution in [-0.4, -0.2) is 46.7 Å². The molecule has 120 valence electrons. The molecule has 0 amide bonds. The lowest BCUT2D eigenvalue weighted by Crippen LogP contribution is -2.22. The molecule has 0 bridgehead atoms. The summed E-state index contributed by atoms with van der Waals surface area (Å²) in [6.45, 7) is 7.16. The number of hydrogen-bond donors (Lipinski definition) is 1. The summed E-state index contributed by atoms with van der Waals surface area (Å²) in [4.78, 5) is 0. The van der Waals surface area contributed by atoms with Crippen LogP contribution in [0.4, 0.5) is 0 Å². The third kappa shape index (κ3) is 6.80. The van der Waals surface area contributed by atoms with Crippen molar-refractivity contribution in [3.63, 3.8) is 0 Å². The van der Waals surface area contributed by atoms with Crippen molar-refractivity contribution < 1.29 is 18.9 Å². The van der Waals surface area contributed by atoms with Gasteiger partial charge in [-0.15, -0.1) is 0 Å². The third-order valence-electron chi connectivity index (χ3n) is 2.89. The van der Waals surface area contributed by atoms with E-state index in [1.165, 1.54) is 0 Å². The smallest absolute Gasteiger partial charge is 0.165 e. The maximum atomic E-state index is 5.84. The minimum Gasteiger partial charge on any atom is -0.493 e. The van der Waals surface area contributed by atoms with Crippen molar-refractivity contribution in [2.45, 2.75) is 26.4 Å². The molecule has 0 atom stereocenters. The zero-order chi connectivity index (χ0) is 15.5. The first-order valence-corrected chi connectivity index (χ1v) is 7.27. The molecule has 0 saturated carbocycles. The van der Waals surface area contributed by atoms with Gasteiger partial charge < -0.3 is 24.3 Å². The predicted octanol–water partition coefficient (Wildman–Crippen LogP) is 2.23. The van der Waals surface area contributed by atoms with Gasteiger partial charge in [-0.1, -0.05) is 26.0 Å². The molecule has 0 fully saturated rings. The number of para-hydroxylation sites is 1. The van der Waals surface area contributed by atoms with Crippen molar-refractivity contribution in [3.05, 3.63) is 23.8 Å². The van der Waals surface area contributed by atoms with Crippen LogP contribution in [0.25, 0.3) is 0 Å². The molecule has 1 rings (SSSR count). The highest BCUT2D eigenvalue weighted by Gasteiger charge is 2.10. The van der Waals surface area contributed by atoms with E-state index in [0.717, 1.165) is 23.6 Å². The predicted molar refractivity (Wildman–Crippen MR) is 83.2 cm³/mol. The number of hydrogen-bond acceptors (Lipinski definition) is 5. The lowest BCUT2D eigenvalue weighted by molar-refractivity contribution is 0.0538. The third-order valence-corrected chi connectivity index (χ3v) is 2.89. The molecule has 0 saturated heterocycles. The van der Waals surface area contributed by atoms with Crippen LogP contribution in [0.2, 0.25) is 0 Å². The summed E-state index contributed by atoms with van der Waals surface area (Å²) in [5.41, 5.74) is 1.08.